The predicted octanol–water partition coefficient (Wildman–Crippen LogP) is 1.94. The van der Waals surface area contributed by atoms with Crippen molar-refractivity contribution in [1.29, 1.82) is 5.26 Å². The van der Waals surface area contributed by atoms with Crippen molar-refractivity contribution >= 4 is 11.8 Å². The Morgan fingerprint density at radius 1 is 1.44 bits per heavy atom. The first-order chi connectivity index (χ1) is 8.63. The lowest BCUT2D eigenvalue weighted by Gasteiger charge is -2.07. The van der Waals surface area contributed by atoms with Crippen molar-refractivity contribution in [1.82, 2.24) is 4.98 Å². The van der Waals surface area contributed by atoms with Gasteiger partial charge in [0, 0.05) is 5.56 Å². The minimum Gasteiger partial charge on any atom is -0.480 e. The maximum atomic E-state index is 10.8. The number of anilines is 1. The van der Waals surface area contributed by atoms with Crippen LogP contribution < -0.4 is 5.32 Å². The van der Waals surface area contributed by atoms with Gasteiger partial charge in [0.25, 0.3) is 0 Å². The van der Waals surface area contributed by atoms with Gasteiger partial charge in [0.1, 0.15) is 23.5 Å². The van der Waals surface area contributed by atoms with Crippen molar-refractivity contribution in [2.45, 2.75) is 13.0 Å². The molecule has 1 aliphatic heterocycles. The van der Waals surface area contributed by atoms with Crippen LogP contribution in [0, 0.1) is 11.3 Å². The van der Waals surface area contributed by atoms with Crippen LogP contribution in [0.5, 0.6) is 0 Å². The van der Waals surface area contributed by atoms with E-state index in [0.717, 1.165) is 0 Å². The van der Waals surface area contributed by atoms with E-state index >= 15 is 0 Å². The number of carboxylic acid groups (broad SMARTS) is 1. The molecule has 90 valence electrons. The number of carbonyl (C=O) groups is 1. The lowest BCUT2D eigenvalue weighted by atomic mass is 10.1. The lowest BCUT2D eigenvalue weighted by molar-refractivity contribution is -0.137. The van der Waals surface area contributed by atoms with E-state index in [2.05, 4.69) is 16.4 Å². The summed E-state index contributed by atoms with van der Waals surface area (Å²) < 4.78 is 0. The van der Waals surface area contributed by atoms with Crippen molar-refractivity contribution in [3.8, 4) is 17.3 Å². The predicted molar refractivity (Wildman–Crippen MR) is 66.3 cm³/mol. The molecule has 0 aromatic rings. The Morgan fingerprint density at radius 3 is 2.83 bits per heavy atom. The van der Waals surface area contributed by atoms with Gasteiger partial charge in [-0.1, -0.05) is 24.3 Å². The minimum atomic E-state index is -0.989. The van der Waals surface area contributed by atoms with E-state index in [9.17, 15) is 4.79 Å². The van der Waals surface area contributed by atoms with E-state index in [-0.39, 0.29) is 0 Å². The van der Waals surface area contributed by atoms with Crippen LogP contribution in [-0.2, 0) is 4.79 Å². The monoisotopic (exact) mass is 241 g/mol. The maximum absolute atomic E-state index is 10.8. The van der Waals surface area contributed by atoms with Gasteiger partial charge >= 0.3 is 5.97 Å². The van der Waals surface area contributed by atoms with Gasteiger partial charge in [-0.25, -0.2) is 4.98 Å². The largest absolute Gasteiger partial charge is 0.480 e. The van der Waals surface area contributed by atoms with Crippen LogP contribution in [0.15, 0.2) is 30.3 Å². The molecule has 2 N–H and O–H groups in total. The second kappa shape index (κ2) is 4.72. The maximum Gasteiger partial charge on any atom is 0.325 e. The number of rotatable bonds is 3. The van der Waals surface area contributed by atoms with Crippen LogP contribution in [0.2, 0.25) is 0 Å². The zero-order valence-corrected chi connectivity index (χ0v) is 9.71. The van der Waals surface area contributed by atoms with Crippen LogP contribution in [0.1, 0.15) is 12.5 Å². The fourth-order valence-electron chi connectivity index (χ4n) is 1.64. The molecule has 5 heteroatoms. The van der Waals surface area contributed by atoms with Crippen LogP contribution in [-0.4, -0.2) is 22.1 Å². The highest BCUT2D eigenvalue weighted by molar-refractivity contribution is 5.82. The van der Waals surface area contributed by atoms with E-state index in [1.54, 1.807) is 12.1 Å². The molecule has 2 rings (SSSR count). The quantitative estimate of drug-likeness (QED) is 0.857. The second-order valence-corrected chi connectivity index (χ2v) is 3.86. The number of aromatic nitrogens is 1. The summed E-state index contributed by atoms with van der Waals surface area (Å²) in [6, 6.07) is 10.3. The normalized spacial score (nSPS) is 11.8. The fraction of sp³-hybridized carbons (Fsp3) is 0.154. The molecule has 0 amide bonds. The second-order valence-electron chi connectivity index (χ2n) is 3.86. The third kappa shape index (κ3) is 2.09. The summed E-state index contributed by atoms with van der Waals surface area (Å²) in [6.07, 6.45) is 0. The molecule has 0 aromatic heterocycles. The molecule has 1 unspecified atom stereocenters. The van der Waals surface area contributed by atoms with Crippen molar-refractivity contribution in [3.05, 3.63) is 35.9 Å². The van der Waals surface area contributed by atoms with Gasteiger partial charge in [0.2, 0.25) is 0 Å². The zero-order chi connectivity index (χ0) is 13.1. The van der Waals surface area contributed by atoms with Gasteiger partial charge in [-0.2, -0.15) is 5.26 Å². The molecule has 2 aliphatic rings. The first-order valence-corrected chi connectivity index (χ1v) is 5.41. The summed E-state index contributed by atoms with van der Waals surface area (Å²) in [5, 5.41) is 20.7. The Morgan fingerprint density at radius 2 is 2.17 bits per heavy atom. The number of aliphatic carboxylic acids is 1. The first kappa shape index (κ1) is 11.9. The Kier molecular flexibility index (Phi) is 3.11. The molecule has 0 bridgehead atoms. The Bertz CT molecular complexity index is 604. The fourth-order valence-corrected chi connectivity index (χ4v) is 1.64. The summed E-state index contributed by atoms with van der Waals surface area (Å²) in [6.45, 7) is 1.50. The average Bonchev–Trinajstić information content (AvgIpc) is 2.50. The van der Waals surface area contributed by atoms with Crippen molar-refractivity contribution in [2.75, 3.05) is 5.32 Å². The molecule has 18 heavy (non-hydrogen) atoms. The molecular formula is C13H11N3O2. The minimum absolute atomic E-state index is 0.314. The number of nitriles is 1. The molecule has 1 atom stereocenters. The van der Waals surface area contributed by atoms with E-state index in [1.807, 2.05) is 18.2 Å². The molecule has 0 saturated heterocycles. The number of carboxylic acids is 1. The summed E-state index contributed by atoms with van der Waals surface area (Å²) in [5.41, 5.74) is 1.74. The standard InChI is InChI=1S/C13H11N3O2/c1-8(13(17)18)15-12-10(7-14)9-5-3-2-4-6-11(9)16-12/h2-6,8H,1H3,(H,15,16)(H,17,18). The van der Waals surface area contributed by atoms with Crippen LogP contribution in [0.4, 0.5) is 5.82 Å². The van der Waals surface area contributed by atoms with E-state index in [0.29, 0.717) is 22.6 Å². The molecule has 0 fully saturated rings. The van der Waals surface area contributed by atoms with Gasteiger partial charge < -0.3 is 10.4 Å². The van der Waals surface area contributed by atoms with Gasteiger partial charge in [0.15, 0.2) is 0 Å². The number of hydrogen-bond acceptors (Lipinski definition) is 4. The highest BCUT2D eigenvalue weighted by Gasteiger charge is 2.20. The average molecular weight is 241 g/mol. The summed E-state index contributed by atoms with van der Waals surface area (Å²) in [7, 11) is 0. The zero-order valence-electron chi connectivity index (χ0n) is 9.71. The Labute approximate surface area is 104 Å². The van der Waals surface area contributed by atoms with Crippen LogP contribution >= 0.6 is 0 Å². The van der Waals surface area contributed by atoms with E-state index in [4.69, 9.17) is 10.4 Å². The molecule has 1 aliphatic carbocycles. The third-order valence-electron chi connectivity index (χ3n) is 2.59. The number of nitrogens with one attached hydrogen (secondary N) is 1. The molecule has 1 heterocycles. The summed E-state index contributed by atoms with van der Waals surface area (Å²) in [4.78, 5) is 15.0. The smallest absolute Gasteiger partial charge is 0.325 e. The Balaban J connectivity index is 2.49. The number of nitrogens with zero attached hydrogens (tertiary/aromatic N) is 2. The van der Waals surface area contributed by atoms with Gasteiger partial charge in [-0.3, -0.25) is 4.79 Å². The molecule has 0 aromatic carbocycles. The molecule has 0 saturated carbocycles. The Hall–Kier alpha value is -2.61. The highest BCUT2D eigenvalue weighted by Crippen LogP contribution is 2.30. The van der Waals surface area contributed by atoms with Crippen molar-refractivity contribution in [2.24, 2.45) is 0 Å². The first-order valence-electron chi connectivity index (χ1n) is 5.41. The molecular weight excluding hydrogens is 230 g/mol. The van der Waals surface area contributed by atoms with Crippen molar-refractivity contribution in [3.63, 3.8) is 0 Å². The summed E-state index contributed by atoms with van der Waals surface area (Å²) in [5.74, 6) is -0.676. The molecule has 5 nitrogen and oxygen atoms in total. The van der Waals surface area contributed by atoms with Crippen molar-refractivity contribution < 1.29 is 9.90 Å². The lowest BCUT2D eigenvalue weighted by Crippen LogP contribution is -2.25. The highest BCUT2D eigenvalue weighted by atomic mass is 16.4. The van der Waals surface area contributed by atoms with Gasteiger partial charge in [-0.15, -0.1) is 0 Å². The van der Waals surface area contributed by atoms with Gasteiger partial charge in [0.05, 0.1) is 5.69 Å². The van der Waals surface area contributed by atoms with Crippen LogP contribution in [0.25, 0.3) is 11.3 Å². The SMILES string of the molecule is CC(Nc1nc2cccccc-2c1C#N)C(=O)O. The number of fused-ring (bicyclic) bond motifs is 1. The van der Waals surface area contributed by atoms with E-state index in [1.165, 1.54) is 6.92 Å². The topological polar surface area (TPSA) is 86.0 Å². The van der Waals surface area contributed by atoms with E-state index < -0.39 is 12.0 Å². The van der Waals surface area contributed by atoms with Crippen LogP contribution in [0.3, 0.4) is 0 Å². The van der Waals surface area contributed by atoms with Gasteiger partial charge in [-0.05, 0) is 13.0 Å². The molecule has 0 spiro atoms. The number of hydrogen-bond donors (Lipinski definition) is 2. The molecule has 0 radical (unpaired) electrons. The third-order valence-corrected chi connectivity index (χ3v) is 2.59. The summed E-state index contributed by atoms with van der Waals surface area (Å²) >= 11 is 0.